The summed E-state index contributed by atoms with van der Waals surface area (Å²) in [4.78, 5) is 13.7. The number of nitrogens with one attached hydrogen (secondary N) is 1. The van der Waals surface area contributed by atoms with Gasteiger partial charge in [0.15, 0.2) is 0 Å². The number of carbonyl (C=O) groups is 1. The fraction of sp³-hybridized carbons (Fsp3) is 0.909. The fourth-order valence-electron chi connectivity index (χ4n) is 2.13. The van der Waals surface area contributed by atoms with Crippen LogP contribution >= 0.6 is 0 Å². The SMILES string of the molecule is O=C(CN1CCS(=O)CC1)NCC1CCCO1. The number of nitrogens with zero attached hydrogens (tertiary/aromatic N) is 1. The number of hydrogen-bond acceptors (Lipinski definition) is 4. The van der Waals surface area contributed by atoms with Crippen molar-refractivity contribution in [3.63, 3.8) is 0 Å². The van der Waals surface area contributed by atoms with Crippen LogP contribution in [0.25, 0.3) is 0 Å². The zero-order chi connectivity index (χ0) is 12.1. The van der Waals surface area contributed by atoms with Crippen molar-refractivity contribution in [2.24, 2.45) is 0 Å². The van der Waals surface area contributed by atoms with Crippen molar-refractivity contribution in [3.05, 3.63) is 0 Å². The smallest absolute Gasteiger partial charge is 0.234 e. The molecule has 98 valence electrons. The Morgan fingerprint density at radius 1 is 1.41 bits per heavy atom. The summed E-state index contributed by atoms with van der Waals surface area (Å²) in [5.74, 6) is 1.44. The molecule has 2 saturated heterocycles. The second-order valence-corrected chi connectivity index (χ2v) is 6.26. The Kier molecular flexibility index (Phi) is 4.94. The van der Waals surface area contributed by atoms with Crippen LogP contribution in [0.4, 0.5) is 0 Å². The Labute approximate surface area is 104 Å². The van der Waals surface area contributed by atoms with Gasteiger partial charge >= 0.3 is 0 Å². The predicted molar refractivity (Wildman–Crippen MR) is 66.3 cm³/mol. The van der Waals surface area contributed by atoms with E-state index in [2.05, 4.69) is 10.2 Å². The van der Waals surface area contributed by atoms with E-state index in [1.165, 1.54) is 0 Å². The molecule has 0 radical (unpaired) electrons. The molecular weight excluding hydrogens is 240 g/mol. The Hall–Kier alpha value is -0.460. The topological polar surface area (TPSA) is 58.6 Å². The Balaban J connectivity index is 1.61. The first-order chi connectivity index (χ1) is 8.24. The molecule has 17 heavy (non-hydrogen) atoms. The molecule has 1 atom stereocenters. The maximum atomic E-state index is 11.7. The van der Waals surface area contributed by atoms with Gasteiger partial charge in [-0.25, -0.2) is 0 Å². The van der Waals surface area contributed by atoms with Gasteiger partial charge in [0.05, 0.1) is 12.6 Å². The van der Waals surface area contributed by atoms with Gasteiger partial charge in [-0.05, 0) is 12.8 Å². The van der Waals surface area contributed by atoms with Crippen molar-refractivity contribution < 1.29 is 13.7 Å². The van der Waals surface area contributed by atoms with Gasteiger partial charge in [-0.3, -0.25) is 13.9 Å². The molecular formula is C11H20N2O3S. The molecule has 0 saturated carbocycles. The van der Waals surface area contributed by atoms with Gasteiger partial charge < -0.3 is 10.1 Å². The number of hydrogen-bond donors (Lipinski definition) is 1. The molecule has 2 fully saturated rings. The molecule has 0 aromatic heterocycles. The number of rotatable bonds is 4. The standard InChI is InChI=1S/C11H20N2O3S/c14-11(12-8-10-2-1-5-16-10)9-13-3-6-17(15)7-4-13/h10H,1-9H2,(H,12,14). The molecule has 0 aromatic carbocycles. The predicted octanol–water partition coefficient (Wildman–Crippen LogP) is -0.654. The van der Waals surface area contributed by atoms with Gasteiger partial charge in [-0.1, -0.05) is 0 Å². The van der Waals surface area contributed by atoms with Crippen molar-refractivity contribution in [2.75, 3.05) is 44.3 Å². The second kappa shape index (κ2) is 6.47. The van der Waals surface area contributed by atoms with Gasteiger partial charge in [-0.2, -0.15) is 0 Å². The molecule has 1 amide bonds. The number of ether oxygens (including phenoxy) is 1. The van der Waals surface area contributed by atoms with Crippen LogP contribution in [-0.2, 0) is 20.3 Å². The Morgan fingerprint density at radius 2 is 2.18 bits per heavy atom. The quantitative estimate of drug-likeness (QED) is 0.729. The average Bonchev–Trinajstić information content (AvgIpc) is 2.83. The minimum absolute atomic E-state index is 0.0492. The molecule has 2 aliphatic heterocycles. The van der Waals surface area contributed by atoms with Crippen LogP contribution in [-0.4, -0.2) is 65.4 Å². The first-order valence-corrected chi connectivity index (χ1v) is 7.68. The Bertz CT molecular complexity index is 282. The van der Waals surface area contributed by atoms with Gasteiger partial charge in [0.1, 0.15) is 0 Å². The third kappa shape index (κ3) is 4.37. The highest BCUT2D eigenvalue weighted by atomic mass is 32.2. The zero-order valence-corrected chi connectivity index (χ0v) is 10.8. The molecule has 0 aliphatic carbocycles. The van der Waals surface area contributed by atoms with Crippen LogP contribution in [0, 0.1) is 0 Å². The summed E-state index contributed by atoms with van der Waals surface area (Å²) in [5.41, 5.74) is 0. The van der Waals surface area contributed by atoms with Gasteiger partial charge in [0, 0.05) is 48.5 Å². The van der Waals surface area contributed by atoms with E-state index in [4.69, 9.17) is 4.74 Å². The highest BCUT2D eigenvalue weighted by Crippen LogP contribution is 2.10. The van der Waals surface area contributed by atoms with E-state index in [-0.39, 0.29) is 12.0 Å². The third-order valence-electron chi connectivity index (χ3n) is 3.19. The van der Waals surface area contributed by atoms with Gasteiger partial charge in [0.2, 0.25) is 5.91 Å². The highest BCUT2D eigenvalue weighted by Gasteiger charge is 2.19. The normalized spacial score (nSPS) is 27.2. The molecule has 1 unspecified atom stereocenters. The fourth-order valence-corrected chi connectivity index (χ4v) is 3.25. The summed E-state index contributed by atoms with van der Waals surface area (Å²) in [6, 6.07) is 0. The summed E-state index contributed by atoms with van der Waals surface area (Å²) in [6.07, 6.45) is 2.34. The summed E-state index contributed by atoms with van der Waals surface area (Å²) in [7, 11) is -0.675. The van der Waals surface area contributed by atoms with Crippen molar-refractivity contribution in [3.8, 4) is 0 Å². The molecule has 6 heteroatoms. The van der Waals surface area contributed by atoms with Crippen LogP contribution < -0.4 is 5.32 Å². The molecule has 1 N–H and O–H groups in total. The summed E-state index contributed by atoms with van der Waals surface area (Å²) >= 11 is 0. The molecule has 2 aliphatic rings. The highest BCUT2D eigenvalue weighted by molar-refractivity contribution is 7.85. The van der Waals surface area contributed by atoms with Crippen LogP contribution in [0.2, 0.25) is 0 Å². The van der Waals surface area contributed by atoms with E-state index in [1.54, 1.807) is 0 Å². The maximum Gasteiger partial charge on any atom is 0.234 e. The maximum absolute atomic E-state index is 11.7. The van der Waals surface area contributed by atoms with Crippen molar-refractivity contribution in [1.29, 1.82) is 0 Å². The molecule has 5 nitrogen and oxygen atoms in total. The summed E-state index contributed by atoms with van der Waals surface area (Å²) in [6.45, 7) is 3.39. The average molecular weight is 260 g/mol. The summed E-state index contributed by atoms with van der Waals surface area (Å²) in [5, 5.41) is 2.90. The first-order valence-electron chi connectivity index (χ1n) is 6.19. The minimum atomic E-state index is -0.675. The molecule has 2 rings (SSSR count). The summed E-state index contributed by atoms with van der Waals surface area (Å²) < 4.78 is 16.6. The zero-order valence-electron chi connectivity index (χ0n) is 10.0. The molecule has 0 spiro atoms. The molecule has 0 aromatic rings. The minimum Gasteiger partial charge on any atom is -0.376 e. The van der Waals surface area contributed by atoms with Crippen molar-refractivity contribution in [2.45, 2.75) is 18.9 Å². The van der Waals surface area contributed by atoms with Gasteiger partial charge in [0.25, 0.3) is 0 Å². The second-order valence-electron chi connectivity index (χ2n) is 4.56. The van der Waals surface area contributed by atoms with Crippen molar-refractivity contribution >= 4 is 16.7 Å². The van der Waals surface area contributed by atoms with E-state index in [0.717, 1.165) is 32.5 Å². The molecule has 0 bridgehead atoms. The molecule has 2 heterocycles. The number of amides is 1. The lowest BCUT2D eigenvalue weighted by Gasteiger charge is -2.25. The van der Waals surface area contributed by atoms with Crippen LogP contribution in [0.5, 0.6) is 0 Å². The third-order valence-corrected chi connectivity index (χ3v) is 4.46. The lowest BCUT2D eigenvalue weighted by Crippen LogP contribution is -2.45. The van der Waals surface area contributed by atoms with Crippen molar-refractivity contribution in [1.82, 2.24) is 10.2 Å². The van der Waals surface area contributed by atoms with E-state index in [9.17, 15) is 9.00 Å². The van der Waals surface area contributed by atoms with E-state index >= 15 is 0 Å². The Morgan fingerprint density at radius 3 is 2.82 bits per heavy atom. The van der Waals surface area contributed by atoms with E-state index < -0.39 is 10.8 Å². The lowest BCUT2D eigenvalue weighted by molar-refractivity contribution is -0.122. The van der Waals surface area contributed by atoms with E-state index in [1.807, 2.05) is 0 Å². The van der Waals surface area contributed by atoms with Crippen LogP contribution in [0.15, 0.2) is 0 Å². The monoisotopic (exact) mass is 260 g/mol. The van der Waals surface area contributed by atoms with Crippen LogP contribution in [0.3, 0.4) is 0 Å². The first kappa shape index (κ1) is 13.0. The largest absolute Gasteiger partial charge is 0.376 e. The lowest BCUT2D eigenvalue weighted by atomic mass is 10.2. The van der Waals surface area contributed by atoms with Crippen LogP contribution in [0.1, 0.15) is 12.8 Å². The van der Waals surface area contributed by atoms with Gasteiger partial charge in [-0.15, -0.1) is 0 Å². The number of carbonyl (C=O) groups excluding carboxylic acids is 1. The van der Waals surface area contributed by atoms with E-state index in [0.29, 0.717) is 24.6 Å².